The van der Waals surface area contributed by atoms with Gasteiger partial charge in [0.05, 0.1) is 0 Å². The molecule has 0 fully saturated rings. The van der Waals surface area contributed by atoms with E-state index in [-0.39, 0.29) is 10.9 Å². The van der Waals surface area contributed by atoms with E-state index in [9.17, 15) is 4.79 Å². The van der Waals surface area contributed by atoms with Crippen molar-refractivity contribution in [2.75, 3.05) is 5.32 Å². The number of hydrogen-bond acceptors (Lipinski definition) is 1. The number of carbonyl (C=O) groups excluding carboxylic acids is 1. The fourth-order valence-electron chi connectivity index (χ4n) is 1.49. The molecule has 0 saturated carbocycles. The lowest BCUT2D eigenvalue weighted by molar-refractivity contribution is -0.112. The Balaban J connectivity index is 2.07. The molecule has 2 aromatic rings. The van der Waals surface area contributed by atoms with Crippen molar-refractivity contribution in [1.29, 1.82) is 0 Å². The van der Waals surface area contributed by atoms with Gasteiger partial charge in [-0.05, 0) is 35.9 Å². The summed E-state index contributed by atoms with van der Waals surface area (Å²) in [5.74, 6) is -0.326. The third-order valence-corrected chi connectivity index (χ3v) is 3.22. The third-order valence-electron chi connectivity index (χ3n) is 2.41. The first-order chi connectivity index (χ1) is 9.15. The van der Waals surface area contributed by atoms with Gasteiger partial charge in [0.25, 0.3) is 5.91 Å². The molecule has 0 atom stereocenters. The Morgan fingerprint density at radius 1 is 1.05 bits per heavy atom. The van der Waals surface area contributed by atoms with Gasteiger partial charge in [-0.2, -0.15) is 0 Å². The number of carbonyl (C=O) groups is 1. The number of benzene rings is 2. The molecule has 96 valence electrons. The van der Waals surface area contributed by atoms with Crippen molar-refractivity contribution < 1.29 is 4.79 Å². The van der Waals surface area contributed by atoms with Crippen molar-refractivity contribution in [1.82, 2.24) is 0 Å². The van der Waals surface area contributed by atoms with Crippen molar-refractivity contribution in [3.8, 4) is 0 Å². The molecule has 2 rings (SSSR count). The minimum atomic E-state index is -0.326. The van der Waals surface area contributed by atoms with E-state index >= 15 is 0 Å². The SMILES string of the molecule is O=C(Nc1ccc(Br)cc1)C(Cl)=Cc1ccccc1. The molecule has 2 nitrogen and oxygen atoms in total. The molecule has 0 unspecified atom stereocenters. The molecule has 19 heavy (non-hydrogen) atoms. The highest BCUT2D eigenvalue weighted by Gasteiger charge is 2.06. The van der Waals surface area contributed by atoms with E-state index in [2.05, 4.69) is 21.2 Å². The number of halogens is 2. The highest BCUT2D eigenvalue weighted by atomic mass is 79.9. The first-order valence-electron chi connectivity index (χ1n) is 5.64. The Hall–Kier alpha value is -1.58. The van der Waals surface area contributed by atoms with Gasteiger partial charge in [-0.25, -0.2) is 0 Å². The standard InChI is InChI=1S/C15H11BrClNO/c16-12-6-8-13(9-7-12)18-15(19)14(17)10-11-4-2-1-3-5-11/h1-10H,(H,18,19). The Labute approximate surface area is 125 Å². The summed E-state index contributed by atoms with van der Waals surface area (Å²) in [4.78, 5) is 11.9. The number of nitrogens with one attached hydrogen (secondary N) is 1. The van der Waals surface area contributed by atoms with Gasteiger partial charge in [0.15, 0.2) is 0 Å². The molecule has 0 bridgehead atoms. The van der Waals surface area contributed by atoms with Crippen LogP contribution in [-0.4, -0.2) is 5.91 Å². The van der Waals surface area contributed by atoms with Gasteiger partial charge in [-0.15, -0.1) is 0 Å². The summed E-state index contributed by atoms with van der Waals surface area (Å²) in [6.45, 7) is 0. The third kappa shape index (κ3) is 4.23. The topological polar surface area (TPSA) is 29.1 Å². The molecular formula is C15H11BrClNO. The second-order valence-electron chi connectivity index (χ2n) is 3.86. The minimum Gasteiger partial charge on any atom is -0.321 e. The molecule has 0 aliphatic carbocycles. The van der Waals surface area contributed by atoms with Gasteiger partial charge in [-0.1, -0.05) is 57.9 Å². The Bertz CT molecular complexity index is 593. The second kappa shape index (κ2) is 6.55. The number of amides is 1. The minimum absolute atomic E-state index is 0.147. The van der Waals surface area contributed by atoms with Crippen LogP contribution in [0.5, 0.6) is 0 Å². The van der Waals surface area contributed by atoms with E-state index in [0.29, 0.717) is 5.69 Å². The summed E-state index contributed by atoms with van der Waals surface area (Å²) in [5.41, 5.74) is 1.59. The zero-order valence-corrected chi connectivity index (χ0v) is 12.3. The van der Waals surface area contributed by atoms with Crippen LogP contribution in [0.25, 0.3) is 6.08 Å². The molecule has 0 aliphatic rings. The summed E-state index contributed by atoms with van der Waals surface area (Å²) in [6, 6.07) is 16.8. The van der Waals surface area contributed by atoms with Crippen LogP contribution >= 0.6 is 27.5 Å². The summed E-state index contributed by atoms with van der Waals surface area (Å²) >= 11 is 9.32. The van der Waals surface area contributed by atoms with Crippen molar-refractivity contribution in [3.63, 3.8) is 0 Å². The molecule has 0 spiro atoms. The summed E-state index contributed by atoms with van der Waals surface area (Å²) < 4.78 is 0.955. The first kappa shape index (κ1) is 13.8. The molecule has 1 amide bonds. The van der Waals surface area contributed by atoms with Crippen LogP contribution in [0.2, 0.25) is 0 Å². The molecule has 0 radical (unpaired) electrons. The molecule has 0 heterocycles. The van der Waals surface area contributed by atoms with Crippen LogP contribution < -0.4 is 5.32 Å². The maximum atomic E-state index is 11.9. The van der Waals surface area contributed by atoms with Crippen molar-refractivity contribution in [3.05, 3.63) is 69.7 Å². The highest BCUT2D eigenvalue weighted by Crippen LogP contribution is 2.16. The molecule has 0 aliphatic heterocycles. The van der Waals surface area contributed by atoms with E-state index in [1.165, 1.54) is 0 Å². The maximum absolute atomic E-state index is 11.9. The second-order valence-corrected chi connectivity index (χ2v) is 5.19. The summed E-state index contributed by atoms with van der Waals surface area (Å²) in [5, 5.41) is 2.88. The van der Waals surface area contributed by atoms with Gasteiger partial charge >= 0.3 is 0 Å². The van der Waals surface area contributed by atoms with Crippen LogP contribution in [0, 0.1) is 0 Å². The van der Waals surface area contributed by atoms with Crippen LogP contribution in [0.15, 0.2) is 64.1 Å². The lowest BCUT2D eigenvalue weighted by Gasteiger charge is -2.04. The zero-order valence-electron chi connectivity index (χ0n) is 9.94. The van der Waals surface area contributed by atoms with Gasteiger partial charge in [-0.3, -0.25) is 4.79 Å². The zero-order chi connectivity index (χ0) is 13.7. The number of hydrogen-bond donors (Lipinski definition) is 1. The average molecular weight is 337 g/mol. The number of rotatable bonds is 3. The molecule has 0 aromatic heterocycles. The van der Waals surface area contributed by atoms with Gasteiger partial charge in [0, 0.05) is 10.2 Å². The molecule has 0 saturated heterocycles. The average Bonchev–Trinajstić information content (AvgIpc) is 2.42. The summed E-state index contributed by atoms with van der Waals surface area (Å²) in [7, 11) is 0. The first-order valence-corrected chi connectivity index (χ1v) is 6.81. The van der Waals surface area contributed by atoms with Crippen LogP contribution in [0.3, 0.4) is 0 Å². The Kier molecular flexibility index (Phi) is 4.77. The van der Waals surface area contributed by atoms with E-state index in [0.717, 1.165) is 10.0 Å². The maximum Gasteiger partial charge on any atom is 0.267 e. The largest absolute Gasteiger partial charge is 0.321 e. The predicted octanol–water partition coefficient (Wildman–Crippen LogP) is 4.67. The lowest BCUT2D eigenvalue weighted by Crippen LogP contribution is -2.11. The molecule has 4 heteroatoms. The van der Waals surface area contributed by atoms with Crippen molar-refractivity contribution in [2.24, 2.45) is 0 Å². The lowest BCUT2D eigenvalue weighted by atomic mass is 10.2. The molecule has 1 N–H and O–H groups in total. The highest BCUT2D eigenvalue weighted by molar-refractivity contribution is 9.10. The van der Waals surface area contributed by atoms with E-state index in [1.54, 1.807) is 18.2 Å². The van der Waals surface area contributed by atoms with Crippen LogP contribution in [-0.2, 0) is 4.79 Å². The van der Waals surface area contributed by atoms with Crippen LogP contribution in [0.1, 0.15) is 5.56 Å². The number of anilines is 1. The fourth-order valence-corrected chi connectivity index (χ4v) is 1.92. The fraction of sp³-hybridized carbons (Fsp3) is 0. The van der Waals surface area contributed by atoms with Crippen LogP contribution in [0.4, 0.5) is 5.69 Å². The molecular weight excluding hydrogens is 326 g/mol. The van der Waals surface area contributed by atoms with Gasteiger partial charge in [0.1, 0.15) is 5.03 Å². The monoisotopic (exact) mass is 335 g/mol. The van der Waals surface area contributed by atoms with Crippen molar-refractivity contribution in [2.45, 2.75) is 0 Å². The van der Waals surface area contributed by atoms with Crippen molar-refractivity contribution >= 4 is 45.2 Å². The van der Waals surface area contributed by atoms with E-state index < -0.39 is 0 Å². The normalized spacial score (nSPS) is 11.2. The predicted molar refractivity (Wildman–Crippen MR) is 83.0 cm³/mol. The Morgan fingerprint density at radius 3 is 2.32 bits per heavy atom. The smallest absolute Gasteiger partial charge is 0.267 e. The molecule has 2 aromatic carbocycles. The van der Waals surface area contributed by atoms with E-state index in [4.69, 9.17) is 11.6 Å². The van der Waals surface area contributed by atoms with Gasteiger partial charge < -0.3 is 5.32 Å². The van der Waals surface area contributed by atoms with Gasteiger partial charge in [0.2, 0.25) is 0 Å². The quantitative estimate of drug-likeness (QED) is 0.811. The Morgan fingerprint density at radius 2 is 1.68 bits per heavy atom. The summed E-state index contributed by atoms with van der Waals surface area (Å²) in [6.07, 6.45) is 1.63. The van der Waals surface area contributed by atoms with E-state index in [1.807, 2.05) is 42.5 Å².